The summed E-state index contributed by atoms with van der Waals surface area (Å²) in [4.78, 5) is 11.3. The second-order valence-corrected chi connectivity index (χ2v) is 2.60. The quantitative estimate of drug-likeness (QED) is 0.380. The van der Waals surface area contributed by atoms with Crippen LogP contribution in [0.2, 0.25) is 0 Å². The molecule has 0 aromatic carbocycles. The van der Waals surface area contributed by atoms with Crippen molar-refractivity contribution >= 4 is 5.97 Å². The normalized spacial score (nSPS) is 11.6. The van der Waals surface area contributed by atoms with Crippen LogP contribution in [0, 0.1) is 11.3 Å². The first kappa shape index (κ1) is 12.7. The fourth-order valence-corrected chi connectivity index (χ4v) is 0.998. The summed E-state index contributed by atoms with van der Waals surface area (Å²) in [5.74, 6) is -0.566. The van der Waals surface area contributed by atoms with Crippen molar-refractivity contribution in [2.24, 2.45) is 0 Å². The van der Waals surface area contributed by atoms with Crippen LogP contribution < -0.4 is 0 Å². The number of nitriles is 1. The van der Waals surface area contributed by atoms with Crippen molar-refractivity contribution in [2.75, 3.05) is 20.3 Å². The molecule has 0 spiro atoms. The maximum absolute atomic E-state index is 11.3. The number of ether oxygens (including phenoxy) is 2. The molecule has 0 amide bonds. The summed E-state index contributed by atoms with van der Waals surface area (Å²) < 4.78 is 9.64. The lowest BCUT2D eigenvalue weighted by Crippen LogP contribution is -2.11. The number of rotatable bonds is 5. The molecular formula is C10H15NO3. The van der Waals surface area contributed by atoms with Gasteiger partial charge in [0.15, 0.2) is 0 Å². The molecule has 14 heavy (non-hydrogen) atoms. The highest BCUT2D eigenvalue weighted by Gasteiger charge is 2.14. The Hall–Kier alpha value is -1.34. The van der Waals surface area contributed by atoms with Crippen LogP contribution >= 0.6 is 0 Å². The Bertz CT molecular complexity index is 263. The molecule has 0 bridgehead atoms. The largest absolute Gasteiger partial charge is 0.462 e. The van der Waals surface area contributed by atoms with Gasteiger partial charge in [-0.2, -0.15) is 5.26 Å². The third-order valence-corrected chi connectivity index (χ3v) is 1.69. The van der Waals surface area contributed by atoms with E-state index < -0.39 is 5.97 Å². The molecular weight excluding hydrogens is 182 g/mol. The summed E-state index contributed by atoms with van der Waals surface area (Å²) in [5.41, 5.74) is 0.740. The Labute approximate surface area is 84.1 Å². The topological polar surface area (TPSA) is 59.3 Å². The van der Waals surface area contributed by atoms with Gasteiger partial charge in [-0.25, -0.2) is 4.79 Å². The predicted octanol–water partition coefficient (Wildman–Crippen LogP) is 1.43. The number of nitrogens with zero attached hydrogens (tertiary/aromatic N) is 1. The van der Waals surface area contributed by atoms with Crippen molar-refractivity contribution in [3.8, 4) is 6.07 Å². The number of carbonyl (C=O) groups is 1. The van der Waals surface area contributed by atoms with Crippen LogP contribution in [0.15, 0.2) is 11.1 Å². The molecule has 0 atom stereocenters. The summed E-state index contributed by atoms with van der Waals surface area (Å²) in [6.07, 6.45) is 0.607. The van der Waals surface area contributed by atoms with Gasteiger partial charge in [0, 0.05) is 7.11 Å². The van der Waals surface area contributed by atoms with Crippen molar-refractivity contribution in [3.05, 3.63) is 11.1 Å². The van der Waals surface area contributed by atoms with Gasteiger partial charge in [-0.1, -0.05) is 6.92 Å². The Morgan fingerprint density at radius 1 is 1.43 bits per heavy atom. The van der Waals surface area contributed by atoms with Crippen LogP contribution in [-0.2, 0) is 14.3 Å². The molecule has 0 aromatic heterocycles. The van der Waals surface area contributed by atoms with Crippen molar-refractivity contribution in [3.63, 3.8) is 0 Å². The minimum atomic E-state index is -0.566. The summed E-state index contributed by atoms with van der Waals surface area (Å²) in [7, 11) is 1.52. The van der Waals surface area contributed by atoms with Gasteiger partial charge in [-0.3, -0.25) is 0 Å². The number of methoxy groups -OCH3 is 1. The first-order valence-corrected chi connectivity index (χ1v) is 4.49. The van der Waals surface area contributed by atoms with E-state index in [4.69, 9.17) is 14.7 Å². The predicted molar refractivity (Wildman–Crippen MR) is 51.4 cm³/mol. The molecule has 0 saturated carbocycles. The van der Waals surface area contributed by atoms with Crippen molar-refractivity contribution in [2.45, 2.75) is 20.3 Å². The fraction of sp³-hybridized carbons (Fsp3) is 0.600. The van der Waals surface area contributed by atoms with Gasteiger partial charge in [0.2, 0.25) is 0 Å². The maximum atomic E-state index is 11.3. The maximum Gasteiger partial charge on any atom is 0.348 e. The first-order valence-electron chi connectivity index (χ1n) is 4.49. The van der Waals surface area contributed by atoms with Gasteiger partial charge in [-0.05, 0) is 18.9 Å². The number of esters is 1. The lowest BCUT2D eigenvalue weighted by atomic mass is 10.1. The van der Waals surface area contributed by atoms with Gasteiger partial charge in [-0.15, -0.1) is 0 Å². The zero-order chi connectivity index (χ0) is 11.0. The molecule has 0 aliphatic heterocycles. The van der Waals surface area contributed by atoms with Gasteiger partial charge >= 0.3 is 5.97 Å². The molecule has 0 fully saturated rings. The summed E-state index contributed by atoms with van der Waals surface area (Å²) in [6.45, 7) is 4.13. The monoisotopic (exact) mass is 197 g/mol. The highest BCUT2D eigenvalue weighted by atomic mass is 16.5. The van der Waals surface area contributed by atoms with E-state index in [1.54, 1.807) is 6.92 Å². The van der Waals surface area contributed by atoms with Crippen molar-refractivity contribution in [1.29, 1.82) is 5.26 Å². The minimum absolute atomic E-state index is 0.0659. The average Bonchev–Trinajstić information content (AvgIpc) is 2.18. The van der Waals surface area contributed by atoms with E-state index in [-0.39, 0.29) is 18.8 Å². The number of carbonyl (C=O) groups excluding carboxylic acids is 1. The molecule has 0 unspecified atom stereocenters. The third kappa shape index (κ3) is 3.58. The summed E-state index contributed by atoms with van der Waals surface area (Å²) in [5, 5.41) is 8.79. The van der Waals surface area contributed by atoms with Crippen LogP contribution in [-0.4, -0.2) is 26.3 Å². The highest BCUT2D eigenvalue weighted by Crippen LogP contribution is 2.10. The molecule has 4 nitrogen and oxygen atoms in total. The highest BCUT2D eigenvalue weighted by molar-refractivity contribution is 5.93. The Balaban J connectivity index is 4.80. The number of hydrogen-bond acceptors (Lipinski definition) is 4. The second-order valence-electron chi connectivity index (χ2n) is 2.60. The summed E-state index contributed by atoms with van der Waals surface area (Å²) in [6, 6.07) is 1.85. The van der Waals surface area contributed by atoms with E-state index in [1.807, 2.05) is 13.0 Å². The zero-order valence-corrected chi connectivity index (χ0v) is 8.79. The molecule has 0 N–H and O–H groups in total. The van der Waals surface area contributed by atoms with E-state index in [2.05, 4.69) is 0 Å². The lowest BCUT2D eigenvalue weighted by Gasteiger charge is -2.06. The summed E-state index contributed by atoms with van der Waals surface area (Å²) >= 11 is 0. The van der Waals surface area contributed by atoms with Gasteiger partial charge in [0.1, 0.15) is 11.6 Å². The van der Waals surface area contributed by atoms with E-state index >= 15 is 0 Å². The fourth-order valence-electron chi connectivity index (χ4n) is 0.998. The van der Waals surface area contributed by atoms with E-state index in [9.17, 15) is 4.79 Å². The number of hydrogen-bond donors (Lipinski definition) is 0. The molecule has 0 heterocycles. The second kappa shape index (κ2) is 7.10. The molecule has 0 rings (SSSR count). The first-order chi connectivity index (χ1) is 6.71. The Morgan fingerprint density at radius 2 is 2.07 bits per heavy atom. The standard InChI is InChI=1S/C10H15NO3/c1-4-8(7-13-3)9(6-11)10(12)14-5-2/h4-5,7H2,1-3H3. The smallest absolute Gasteiger partial charge is 0.348 e. The van der Waals surface area contributed by atoms with Crippen molar-refractivity contribution < 1.29 is 14.3 Å². The molecule has 78 valence electrons. The molecule has 0 saturated heterocycles. The Kier molecular flexibility index (Phi) is 6.42. The van der Waals surface area contributed by atoms with Gasteiger partial charge < -0.3 is 9.47 Å². The molecule has 0 radical (unpaired) electrons. The average molecular weight is 197 g/mol. The molecule has 0 aliphatic carbocycles. The zero-order valence-electron chi connectivity index (χ0n) is 8.79. The molecule has 0 aromatic rings. The van der Waals surface area contributed by atoms with Gasteiger partial charge in [0.25, 0.3) is 0 Å². The molecule has 0 aliphatic rings. The van der Waals surface area contributed by atoms with Crippen LogP contribution in [0.4, 0.5) is 0 Å². The minimum Gasteiger partial charge on any atom is -0.462 e. The van der Waals surface area contributed by atoms with Gasteiger partial charge in [0.05, 0.1) is 13.2 Å². The van der Waals surface area contributed by atoms with E-state index in [1.165, 1.54) is 7.11 Å². The Morgan fingerprint density at radius 3 is 2.43 bits per heavy atom. The van der Waals surface area contributed by atoms with Crippen LogP contribution in [0.25, 0.3) is 0 Å². The lowest BCUT2D eigenvalue weighted by molar-refractivity contribution is -0.138. The SMILES string of the molecule is CCOC(=O)C(C#N)=C(CC)COC. The van der Waals surface area contributed by atoms with Crippen molar-refractivity contribution in [1.82, 2.24) is 0 Å². The third-order valence-electron chi connectivity index (χ3n) is 1.69. The van der Waals surface area contributed by atoms with E-state index in [0.29, 0.717) is 12.0 Å². The van der Waals surface area contributed by atoms with Crippen LogP contribution in [0.1, 0.15) is 20.3 Å². The van der Waals surface area contributed by atoms with E-state index in [0.717, 1.165) is 0 Å². The van der Waals surface area contributed by atoms with Crippen LogP contribution in [0.5, 0.6) is 0 Å². The molecule has 4 heteroatoms. The van der Waals surface area contributed by atoms with Crippen LogP contribution in [0.3, 0.4) is 0 Å².